The zero-order valence-electron chi connectivity index (χ0n) is 31.1. The fourth-order valence-electron chi connectivity index (χ4n) is 8.33. The van der Waals surface area contributed by atoms with Crippen molar-refractivity contribution in [1.29, 1.82) is 5.26 Å². The van der Waals surface area contributed by atoms with Crippen molar-refractivity contribution in [2.45, 2.75) is 51.4 Å². The van der Waals surface area contributed by atoms with Crippen LogP contribution in [0.15, 0.2) is 146 Å². The summed E-state index contributed by atoms with van der Waals surface area (Å²) in [6.45, 7) is 9.42. The fraction of sp³-hybridized carbons (Fsp3) is 0.160. The van der Waals surface area contributed by atoms with Crippen LogP contribution in [0.5, 0.6) is 0 Å². The van der Waals surface area contributed by atoms with E-state index in [1.165, 1.54) is 50.2 Å². The van der Waals surface area contributed by atoms with Crippen LogP contribution in [0.2, 0.25) is 0 Å². The molecule has 260 valence electrons. The van der Waals surface area contributed by atoms with Gasteiger partial charge in [-0.05, 0) is 96.8 Å². The molecule has 8 aromatic rings. The molecule has 4 nitrogen and oxygen atoms in total. The molecule has 4 heteroatoms. The highest BCUT2D eigenvalue weighted by Crippen LogP contribution is 2.47. The Hall–Kier alpha value is -6.44. The quantitative estimate of drug-likeness (QED) is 0.168. The van der Waals surface area contributed by atoms with E-state index in [0.717, 1.165) is 34.2 Å². The lowest BCUT2D eigenvalue weighted by atomic mass is 9.63. The highest BCUT2D eigenvalue weighted by atomic mass is 15.0. The van der Waals surface area contributed by atoms with Crippen molar-refractivity contribution in [3.63, 3.8) is 0 Å². The molecule has 7 aromatic carbocycles. The minimum absolute atomic E-state index is 0.0728. The number of nitrogens with zero attached hydrogens (tertiary/aromatic N) is 4. The molecule has 0 N–H and O–H groups in total. The molecule has 0 saturated heterocycles. The van der Waals surface area contributed by atoms with Crippen molar-refractivity contribution in [3.8, 4) is 62.5 Å². The van der Waals surface area contributed by atoms with Crippen molar-refractivity contribution in [3.05, 3.63) is 162 Å². The van der Waals surface area contributed by atoms with E-state index in [0.29, 0.717) is 23.0 Å². The van der Waals surface area contributed by atoms with Gasteiger partial charge in [0.05, 0.1) is 11.6 Å². The molecule has 9 rings (SSSR count). The molecule has 1 heterocycles. The first-order valence-corrected chi connectivity index (χ1v) is 18.7. The third kappa shape index (κ3) is 5.74. The lowest BCUT2D eigenvalue weighted by Gasteiger charge is -2.42. The lowest BCUT2D eigenvalue weighted by Crippen LogP contribution is -2.33. The summed E-state index contributed by atoms with van der Waals surface area (Å²) in [4.78, 5) is 15.3. The zero-order chi connectivity index (χ0) is 37.0. The molecule has 0 unspecified atom stereocenters. The van der Waals surface area contributed by atoms with Crippen molar-refractivity contribution >= 4 is 21.5 Å². The minimum Gasteiger partial charge on any atom is -0.208 e. The normalized spacial score (nSPS) is 14.4. The maximum atomic E-state index is 9.44. The van der Waals surface area contributed by atoms with Gasteiger partial charge in [0.25, 0.3) is 0 Å². The molecule has 0 bridgehead atoms. The second kappa shape index (κ2) is 12.9. The Morgan fingerprint density at radius 1 is 0.426 bits per heavy atom. The molecule has 0 amide bonds. The summed E-state index contributed by atoms with van der Waals surface area (Å²) < 4.78 is 0. The molecule has 0 fully saturated rings. The van der Waals surface area contributed by atoms with E-state index in [-0.39, 0.29) is 10.8 Å². The number of benzene rings is 7. The summed E-state index contributed by atoms with van der Waals surface area (Å²) in [5, 5.41) is 14.1. The Balaban J connectivity index is 1.18. The summed E-state index contributed by atoms with van der Waals surface area (Å²) in [5.41, 5.74) is 11.1. The van der Waals surface area contributed by atoms with Crippen molar-refractivity contribution in [2.24, 2.45) is 0 Å². The number of hydrogen-bond acceptors (Lipinski definition) is 4. The molecular formula is C50H40N4. The van der Waals surface area contributed by atoms with Crippen LogP contribution in [0.25, 0.3) is 78.0 Å². The predicted molar refractivity (Wildman–Crippen MR) is 222 cm³/mol. The monoisotopic (exact) mass is 696 g/mol. The SMILES string of the molecule is CC1(C)CCC(C)(C)c2cc(-c3nc(-c4ccccc4)nc(-c4ccc(-c5c6ccccc6c(-c6ccc(C#N)cc6)c6ccccc56)cc4)n3)ccc21. The van der Waals surface area contributed by atoms with Crippen LogP contribution >= 0.6 is 0 Å². The smallest absolute Gasteiger partial charge is 0.164 e. The van der Waals surface area contributed by atoms with Gasteiger partial charge in [-0.2, -0.15) is 5.26 Å². The summed E-state index contributed by atoms with van der Waals surface area (Å²) in [5.74, 6) is 1.99. The van der Waals surface area contributed by atoms with Gasteiger partial charge >= 0.3 is 0 Å². The summed E-state index contributed by atoms with van der Waals surface area (Å²) in [7, 11) is 0. The molecule has 54 heavy (non-hydrogen) atoms. The van der Waals surface area contributed by atoms with Crippen molar-refractivity contribution in [2.75, 3.05) is 0 Å². The molecule has 0 saturated carbocycles. The molecular weight excluding hydrogens is 657 g/mol. The number of hydrogen-bond donors (Lipinski definition) is 0. The van der Waals surface area contributed by atoms with Gasteiger partial charge in [0.1, 0.15) is 0 Å². The van der Waals surface area contributed by atoms with Gasteiger partial charge in [-0.1, -0.05) is 155 Å². The molecule has 0 aliphatic heterocycles. The first-order chi connectivity index (χ1) is 26.2. The van der Waals surface area contributed by atoms with E-state index in [2.05, 4.69) is 149 Å². The van der Waals surface area contributed by atoms with Gasteiger partial charge < -0.3 is 0 Å². The first kappa shape index (κ1) is 33.4. The van der Waals surface area contributed by atoms with Crippen molar-refractivity contribution in [1.82, 2.24) is 15.0 Å². The highest BCUT2D eigenvalue weighted by molar-refractivity contribution is 6.21. The molecule has 1 aliphatic carbocycles. The van der Waals surface area contributed by atoms with Crippen LogP contribution < -0.4 is 0 Å². The van der Waals surface area contributed by atoms with Crippen LogP contribution in [-0.2, 0) is 10.8 Å². The third-order valence-corrected chi connectivity index (χ3v) is 11.4. The topological polar surface area (TPSA) is 62.5 Å². The molecule has 1 aliphatic rings. The zero-order valence-corrected chi connectivity index (χ0v) is 31.1. The fourth-order valence-corrected chi connectivity index (χ4v) is 8.33. The maximum absolute atomic E-state index is 9.44. The predicted octanol–water partition coefficient (Wildman–Crippen LogP) is 12.7. The average molecular weight is 697 g/mol. The van der Waals surface area contributed by atoms with Crippen LogP contribution in [0.1, 0.15) is 57.2 Å². The highest BCUT2D eigenvalue weighted by Gasteiger charge is 2.37. The average Bonchev–Trinajstić information content (AvgIpc) is 3.22. The van der Waals surface area contributed by atoms with Crippen LogP contribution in [-0.4, -0.2) is 15.0 Å². The van der Waals surface area contributed by atoms with Gasteiger partial charge in [0, 0.05) is 16.7 Å². The standard InChI is InChI=1S/C50H40N4/c1-49(2)28-29-50(3,4)43-30-37(26-27-42(43)49)48-53-46(35-12-6-5-7-13-35)52-47(54-48)36-24-22-34(23-25-36)45-40-16-10-8-14-38(40)44(39-15-9-11-17-41(39)45)33-20-18-32(31-51)19-21-33/h5-27,30H,28-29H2,1-4H3. The molecule has 0 atom stereocenters. The second-order valence-corrected chi connectivity index (χ2v) is 15.8. The first-order valence-electron chi connectivity index (χ1n) is 18.7. The Labute approximate surface area is 316 Å². The Bertz CT molecular complexity index is 2700. The van der Waals surface area contributed by atoms with E-state index in [4.69, 9.17) is 15.0 Å². The van der Waals surface area contributed by atoms with E-state index in [1.807, 2.05) is 30.3 Å². The number of nitriles is 1. The van der Waals surface area contributed by atoms with Gasteiger partial charge in [-0.3, -0.25) is 0 Å². The lowest BCUT2D eigenvalue weighted by molar-refractivity contribution is 0.332. The third-order valence-electron chi connectivity index (χ3n) is 11.4. The number of rotatable bonds is 5. The molecule has 1 aromatic heterocycles. The van der Waals surface area contributed by atoms with Gasteiger partial charge in [-0.25, -0.2) is 15.0 Å². The number of fused-ring (bicyclic) bond motifs is 3. The van der Waals surface area contributed by atoms with Gasteiger partial charge in [0.2, 0.25) is 0 Å². The Morgan fingerprint density at radius 3 is 1.31 bits per heavy atom. The number of aromatic nitrogens is 3. The van der Waals surface area contributed by atoms with Crippen LogP contribution in [0.3, 0.4) is 0 Å². The molecule has 0 spiro atoms. The van der Waals surface area contributed by atoms with E-state index >= 15 is 0 Å². The Morgan fingerprint density at radius 2 is 0.815 bits per heavy atom. The summed E-state index contributed by atoms with van der Waals surface area (Å²) in [6, 6.07) is 53.1. The van der Waals surface area contributed by atoms with Gasteiger partial charge in [0.15, 0.2) is 17.5 Å². The van der Waals surface area contributed by atoms with Gasteiger partial charge in [-0.15, -0.1) is 0 Å². The van der Waals surface area contributed by atoms with Crippen LogP contribution in [0, 0.1) is 11.3 Å². The minimum atomic E-state index is 0.0728. The van der Waals surface area contributed by atoms with E-state index < -0.39 is 0 Å². The second-order valence-electron chi connectivity index (χ2n) is 15.8. The summed E-state index contributed by atoms with van der Waals surface area (Å²) in [6.07, 6.45) is 2.31. The maximum Gasteiger partial charge on any atom is 0.164 e. The van der Waals surface area contributed by atoms with E-state index in [9.17, 15) is 5.26 Å². The van der Waals surface area contributed by atoms with Crippen LogP contribution in [0.4, 0.5) is 0 Å². The molecule has 0 radical (unpaired) electrons. The van der Waals surface area contributed by atoms with E-state index in [1.54, 1.807) is 0 Å². The summed E-state index contributed by atoms with van der Waals surface area (Å²) >= 11 is 0. The van der Waals surface area contributed by atoms with Crippen molar-refractivity contribution < 1.29 is 0 Å². The Kier molecular flexibility index (Phi) is 7.98. The largest absolute Gasteiger partial charge is 0.208 e.